The number of ether oxygens (including phenoxy) is 1. The van der Waals surface area contributed by atoms with E-state index in [2.05, 4.69) is 39.2 Å². The van der Waals surface area contributed by atoms with Crippen LogP contribution in [0, 0.1) is 12.8 Å². The molecule has 0 radical (unpaired) electrons. The third-order valence-corrected chi connectivity index (χ3v) is 6.45. The van der Waals surface area contributed by atoms with Crippen molar-refractivity contribution in [1.29, 1.82) is 0 Å². The molecule has 0 bridgehead atoms. The lowest BCUT2D eigenvalue weighted by Gasteiger charge is -2.35. The van der Waals surface area contributed by atoms with Crippen LogP contribution >= 0.6 is 0 Å². The van der Waals surface area contributed by atoms with Crippen molar-refractivity contribution in [3.63, 3.8) is 0 Å². The van der Waals surface area contributed by atoms with Crippen LogP contribution in [0.2, 0.25) is 0 Å². The second-order valence-electron chi connectivity index (χ2n) is 9.30. The van der Waals surface area contributed by atoms with Gasteiger partial charge in [0, 0.05) is 42.8 Å². The average Bonchev–Trinajstić information content (AvgIpc) is 2.82. The van der Waals surface area contributed by atoms with Crippen molar-refractivity contribution in [2.45, 2.75) is 39.2 Å². The number of aromatic nitrogens is 3. The lowest BCUT2D eigenvalue weighted by molar-refractivity contribution is -0.123. The van der Waals surface area contributed by atoms with E-state index in [9.17, 15) is 4.79 Å². The van der Waals surface area contributed by atoms with Crippen molar-refractivity contribution in [3.05, 3.63) is 42.4 Å². The maximum absolute atomic E-state index is 11.7. The van der Waals surface area contributed by atoms with Crippen molar-refractivity contribution in [2.75, 3.05) is 31.6 Å². The number of piperidine rings is 1. The van der Waals surface area contributed by atoms with Gasteiger partial charge in [0.05, 0.1) is 18.2 Å². The lowest BCUT2D eigenvalue weighted by atomic mass is 9.95. The van der Waals surface area contributed by atoms with Crippen LogP contribution in [0.4, 0.5) is 5.82 Å². The Labute approximate surface area is 194 Å². The molecule has 4 rings (SSSR count). The summed E-state index contributed by atoms with van der Waals surface area (Å²) >= 11 is 0. The summed E-state index contributed by atoms with van der Waals surface area (Å²) in [7, 11) is 1.61. The molecule has 3 heterocycles. The van der Waals surface area contributed by atoms with Crippen LogP contribution in [0.25, 0.3) is 22.0 Å². The zero-order valence-corrected chi connectivity index (χ0v) is 19.8. The van der Waals surface area contributed by atoms with Gasteiger partial charge in [-0.15, -0.1) is 0 Å². The number of amides is 1. The third kappa shape index (κ3) is 4.90. The fourth-order valence-electron chi connectivity index (χ4n) is 4.33. The standard InChI is InChI=1S/C25H32N6O2/c1-16-10-19(18-7-8-21(33-4)27-13-18)11-20-22(16)28-15-29-23(20)31-9-5-6-17(14-31)12-30-25(2,3)24(26)32/h7-8,10-11,13,15,17,30H,5-6,9,12,14H2,1-4H3,(H2,26,32)/t17-/m0/s1. The van der Waals surface area contributed by atoms with E-state index >= 15 is 0 Å². The van der Waals surface area contributed by atoms with E-state index in [-0.39, 0.29) is 5.91 Å². The van der Waals surface area contributed by atoms with Crippen molar-refractivity contribution in [2.24, 2.45) is 11.7 Å². The fourth-order valence-corrected chi connectivity index (χ4v) is 4.33. The Kier molecular flexibility index (Phi) is 6.47. The van der Waals surface area contributed by atoms with Gasteiger partial charge in [0.1, 0.15) is 12.1 Å². The molecular formula is C25H32N6O2. The number of nitrogens with zero attached hydrogens (tertiary/aromatic N) is 4. The molecule has 0 saturated carbocycles. The number of methoxy groups -OCH3 is 1. The number of benzene rings is 1. The average molecular weight is 449 g/mol. The van der Waals surface area contributed by atoms with Gasteiger partial charge in [-0.1, -0.05) is 0 Å². The number of hydrogen-bond acceptors (Lipinski definition) is 7. The highest BCUT2D eigenvalue weighted by molar-refractivity contribution is 5.95. The molecule has 8 nitrogen and oxygen atoms in total. The Balaban J connectivity index is 1.63. The number of anilines is 1. The van der Waals surface area contributed by atoms with Gasteiger partial charge < -0.3 is 20.7 Å². The summed E-state index contributed by atoms with van der Waals surface area (Å²) < 4.78 is 5.19. The van der Waals surface area contributed by atoms with Crippen molar-refractivity contribution in [3.8, 4) is 17.0 Å². The van der Waals surface area contributed by atoms with Gasteiger partial charge in [-0.2, -0.15) is 0 Å². The molecule has 0 unspecified atom stereocenters. The number of nitrogens with two attached hydrogens (primary N) is 1. The molecule has 1 aliphatic rings. The molecule has 1 amide bonds. The summed E-state index contributed by atoms with van der Waals surface area (Å²) in [5.41, 5.74) is 8.95. The molecule has 3 aromatic rings. The predicted octanol–water partition coefficient (Wildman–Crippen LogP) is 3.08. The summed E-state index contributed by atoms with van der Waals surface area (Å²) in [5, 5.41) is 4.37. The maximum Gasteiger partial charge on any atom is 0.237 e. The second kappa shape index (κ2) is 9.31. The fraction of sp³-hybridized carbons (Fsp3) is 0.440. The molecular weight excluding hydrogens is 416 g/mol. The van der Waals surface area contributed by atoms with Crippen molar-refractivity contribution in [1.82, 2.24) is 20.3 Å². The number of aryl methyl sites for hydroxylation is 1. The SMILES string of the molecule is COc1ccc(-c2cc(C)c3ncnc(N4CCC[C@@H](CNC(C)(C)C(N)=O)C4)c3c2)cn1. The van der Waals surface area contributed by atoms with Gasteiger partial charge >= 0.3 is 0 Å². The number of hydrogen-bond donors (Lipinski definition) is 2. The summed E-state index contributed by atoms with van der Waals surface area (Å²) in [6.45, 7) is 8.26. The van der Waals surface area contributed by atoms with E-state index in [0.717, 1.165) is 65.9 Å². The van der Waals surface area contributed by atoms with Crippen LogP contribution in [-0.2, 0) is 4.79 Å². The number of nitrogens with one attached hydrogen (secondary N) is 1. The number of carbonyl (C=O) groups excluding carboxylic acids is 1. The van der Waals surface area contributed by atoms with Crippen LogP contribution in [0.3, 0.4) is 0 Å². The monoisotopic (exact) mass is 448 g/mol. The molecule has 3 N–H and O–H groups in total. The first kappa shape index (κ1) is 22.9. The molecule has 0 aliphatic carbocycles. The maximum atomic E-state index is 11.7. The van der Waals surface area contributed by atoms with Gasteiger partial charge in [-0.25, -0.2) is 15.0 Å². The summed E-state index contributed by atoms with van der Waals surface area (Å²) in [4.78, 5) is 27.6. The molecule has 2 aromatic heterocycles. The molecule has 1 fully saturated rings. The van der Waals surface area contributed by atoms with E-state index in [4.69, 9.17) is 15.5 Å². The molecule has 0 spiro atoms. The van der Waals surface area contributed by atoms with E-state index in [0.29, 0.717) is 11.8 Å². The van der Waals surface area contributed by atoms with Crippen LogP contribution in [0.1, 0.15) is 32.3 Å². The normalized spacial score (nSPS) is 16.7. The minimum Gasteiger partial charge on any atom is -0.481 e. The Morgan fingerprint density at radius 2 is 2.06 bits per heavy atom. The van der Waals surface area contributed by atoms with Gasteiger partial charge in [0.2, 0.25) is 11.8 Å². The van der Waals surface area contributed by atoms with E-state index in [1.807, 2.05) is 32.2 Å². The number of fused-ring (bicyclic) bond motifs is 1. The highest BCUT2D eigenvalue weighted by Gasteiger charge is 2.28. The van der Waals surface area contributed by atoms with Crippen LogP contribution < -0.4 is 20.7 Å². The van der Waals surface area contributed by atoms with Gasteiger partial charge in [-0.05, 0) is 68.9 Å². The first-order valence-electron chi connectivity index (χ1n) is 11.3. The van der Waals surface area contributed by atoms with E-state index in [1.165, 1.54) is 0 Å². The Morgan fingerprint density at radius 3 is 2.76 bits per heavy atom. The summed E-state index contributed by atoms with van der Waals surface area (Å²) in [6, 6.07) is 8.17. The Morgan fingerprint density at radius 1 is 1.24 bits per heavy atom. The Bertz CT molecular complexity index is 1150. The predicted molar refractivity (Wildman–Crippen MR) is 130 cm³/mol. The molecule has 33 heavy (non-hydrogen) atoms. The van der Waals surface area contributed by atoms with Crippen LogP contribution in [0.15, 0.2) is 36.8 Å². The largest absolute Gasteiger partial charge is 0.481 e. The van der Waals surface area contributed by atoms with Crippen LogP contribution in [-0.4, -0.2) is 53.1 Å². The molecule has 1 atom stereocenters. The second-order valence-corrected chi connectivity index (χ2v) is 9.30. The highest BCUT2D eigenvalue weighted by Crippen LogP contribution is 2.33. The summed E-state index contributed by atoms with van der Waals surface area (Å²) in [6.07, 6.45) is 5.64. The first-order chi connectivity index (χ1) is 15.8. The number of primary amides is 1. The topological polar surface area (TPSA) is 106 Å². The zero-order valence-electron chi connectivity index (χ0n) is 19.8. The highest BCUT2D eigenvalue weighted by atomic mass is 16.5. The van der Waals surface area contributed by atoms with E-state index < -0.39 is 5.54 Å². The van der Waals surface area contributed by atoms with Crippen molar-refractivity contribution >= 4 is 22.6 Å². The van der Waals surface area contributed by atoms with E-state index in [1.54, 1.807) is 13.4 Å². The van der Waals surface area contributed by atoms with Gasteiger partial charge in [0.15, 0.2) is 0 Å². The van der Waals surface area contributed by atoms with Crippen molar-refractivity contribution < 1.29 is 9.53 Å². The number of pyridine rings is 1. The minimum atomic E-state index is -0.720. The van der Waals surface area contributed by atoms with Crippen LogP contribution in [0.5, 0.6) is 5.88 Å². The minimum absolute atomic E-state index is 0.340. The number of rotatable bonds is 7. The Hall–Kier alpha value is -3.26. The molecule has 1 aromatic carbocycles. The quantitative estimate of drug-likeness (QED) is 0.572. The molecule has 1 aliphatic heterocycles. The summed E-state index contributed by atoms with van der Waals surface area (Å²) in [5.74, 6) is 1.60. The molecule has 1 saturated heterocycles. The lowest BCUT2D eigenvalue weighted by Crippen LogP contribution is -2.53. The number of carbonyl (C=O) groups is 1. The van der Waals surface area contributed by atoms with Gasteiger partial charge in [0.25, 0.3) is 0 Å². The smallest absolute Gasteiger partial charge is 0.237 e. The molecule has 8 heteroatoms. The molecule has 174 valence electrons. The zero-order chi connectivity index (χ0) is 23.6. The van der Waals surface area contributed by atoms with Gasteiger partial charge in [-0.3, -0.25) is 4.79 Å². The first-order valence-corrected chi connectivity index (χ1v) is 11.3. The third-order valence-electron chi connectivity index (χ3n) is 6.45.